The summed E-state index contributed by atoms with van der Waals surface area (Å²) >= 11 is 6.55. The van der Waals surface area contributed by atoms with Gasteiger partial charge in [0.1, 0.15) is 18.5 Å². The largest absolute Gasteiger partial charge is 0.458 e. The van der Waals surface area contributed by atoms with Crippen LogP contribution in [0.25, 0.3) is 22.5 Å². The lowest BCUT2D eigenvalue weighted by atomic mass is 9.98. The van der Waals surface area contributed by atoms with Gasteiger partial charge in [-0.05, 0) is 47.7 Å². The van der Waals surface area contributed by atoms with E-state index in [2.05, 4.69) is 66.7 Å². The minimum Gasteiger partial charge on any atom is -0.458 e. The summed E-state index contributed by atoms with van der Waals surface area (Å²) in [5.74, 6) is 1.23. The van der Waals surface area contributed by atoms with E-state index >= 15 is 0 Å². The number of aromatic amines is 1. The van der Waals surface area contributed by atoms with Crippen LogP contribution in [0.2, 0.25) is 5.15 Å². The highest BCUT2D eigenvalue weighted by Gasteiger charge is 2.25. The molecule has 2 N–H and O–H groups in total. The summed E-state index contributed by atoms with van der Waals surface area (Å²) in [5, 5.41) is 18.1. The number of carbonyl (C=O) groups is 1. The fourth-order valence-electron chi connectivity index (χ4n) is 4.66. The molecule has 0 spiro atoms. The number of tetrazole rings is 1. The second-order valence-corrected chi connectivity index (χ2v) is 9.55. The second-order valence-electron chi connectivity index (χ2n) is 9.19. The summed E-state index contributed by atoms with van der Waals surface area (Å²) in [6.07, 6.45) is 4.65. The predicted molar refractivity (Wildman–Crippen MR) is 141 cm³/mol. The van der Waals surface area contributed by atoms with Crippen LogP contribution in [0.3, 0.4) is 0 Å². The van der Waals surface area contributed by atoms with E-state index < -0.39 is 0 Å². The number of ether oxygens (including phenoxy) is 1. The van der Waals surface area contributed by atoms with E-state index in [1.165, 1.54) is 0 Å². The number of hydrogen-bond acceptors (Lipinski definition) is 7. The van der Waals surface area contributed by atoms with E-state index in [0.717, 1.165) is 72.4 Å². The van der Waals surface area contributed by atoms with Crippen LogP contribution in [0.15, 0.2) is 48.5 Å². The molecule has 192 valence electrons. The Bertz CT molecular complexity index is 1330. The van der Waals surface area contributed by atoms with Crippen molar-refractivity contribution in [1.82, 2.24) is 35.5 Å². The van der Waals surface area contributed by atoms with Crippen molar-refractivity contribution in [3.63, 3.8) is 0 Å². The van der Waals surface area contributed by atoms with Crippen LogP contribution < -0.4 is 5.32 Å². The molecule has 0 amide bonds. The fourth-order valence-corrected chi connectivity index (χ4v) is 4.91. The van der Waals surface area contributed by atoms with Crippen LogP contribution in [0.4, 0.5) is 0 Å². The van der Waals surface area contributed by atoms with Crippen molar-refractivity contribution in [3.05, 3.63) is 70.8 Å². The number of carbonyl (C=O) groups excluding carboxylic acids is 1. The van der Waals surface area contributed by atoms with Gasteiger partial charge in [0, 0.05) is 18.5 Å². The number of aryl methyl sites for hydroxylation is 1. The SMILES string of the molecule is CCCCc1nc(Cl)c(COC(=O)[C@@H]2CCCN2)n1Cc1ccc(-c2ccccc2-c2nn[nH]n2)cc1. The maximum absolute atomic E-state index is 12.5. The quantitative estimate of drug-likeness (QED) is 0.295. The molecule has 2 aromatic carbocycles. The van der Waals surface area contributed by atoms with Crippen molar-refractivity contribution < 1.29 is 9.53 Å². The maximum Gasteiger partial charge on any atom is 0.323 e. The standard InChI is InChI=1S/C27H30ClN7O2/c1-2-3-10-24-30-25(28)23(17-37-27(36)22-9-6-15-29-22)35(24)16-18-11-13-19(14-12-18)20-7-4-5-8-21(20)26-31-33-34-32-26/h4-5,7-8,11-14,22,29H,2-3,6,9-10,15-17H2,1H3,(H,31,32,33,34)/t22-/m0/s1. The molecule has 0 unspecified atom stereocenters. The molecule has 0 aliphatic carbocycles. The number of imidazole rings is 1. The number of benzene rings is 2. The van der Waals surface area contributed by atoms with Crippen molar-refractivity contribution in [2.75, 3.05) is 6.54 Å². The topological polar surface area (TPSA) is 111 Å². The Kier molecular flexibility index (Phi) is 7.91. The number of nitrogens with zero attached hydrogens (tertiary/aromatic N) is 5. The average Bonchev–Trinajstić information content (AvgIpc) is 3.70. The number of rotatable bonds is 10. The van der Waals surface area contributed by atoms with Gasteiger partial charge in [0.2, 0.25) is 5.82 Å². The Hall–Kier alpha value is -3.56. The van der Waals surface area contributed by atoms with Crippen molar-refractivity contribution in [2.24, 2.45) is 0 Å². The van der Waals surface area contributed by atoms with E-state index in [1.807, 2.05) is 24.3 Å². The molecule has 3 heterocycles. The summed E-state index contributed by atoms with van der Waals surface area (Å²) in [7, 11) is 0. The zero-order valence-corrected chi connectivity index (χ0v) is 21.5. The highest BCUT2D eigenvalue weighted by molar-refractivity contribution is 6.30. The minimum atomic E-state index is -0.238. The third kappa shape index (κ3) is 5.73. The monoisotopic (exact) mass is 519 g/mol. The summed E-state index contributed by atoms with van der Waals surface area (Å²) in [4.78, 5) is 17.1. The van der Waals surface area contributed by atoms with Crippen molar-refractivity contribution in [1.29, 1.82) is 0 Å². The number of halogens is 1. The normalized spacial score (nSPS) is 15.2. The molecular formula is C27H30ClN7O2. The van der Waals surface area contributed by atoms with E-state index in [1.54, 1.807) is 0 Å². The minimum absolute atomic E-state index is 0.102. The first kappa shape index (κ1) is 25.1. The third-order valence-electron chi connectivity index (χ3n) is 6.67. The van der Waals surface area contributed by atoms with Gasteiger partial charge in [-0.25, -0.2) is 4.98 Å². The number of unbranched alkanes of at least 4 members (excludes halogenated alkanes) is 1. The van der Waals surface area contributed by atoms with Gasteiger partial charge >= 0.3 is 5.97 Å². The number of aromatic nitrogens is 6. The van der Waals surface area contributed by atoms with Crippen LogP contribution in [0, 0.1) is 0 Å². The van der Waals surface area contributed by atoms with E-state index in [0.29, 0.717) is 17.5 Å². The lowest BCUT2D eigenvalue weighted by molar-refractivity contribution is -0.147. The fraction of sp³-hybridized carbons (Fsp3) is 0.370. The molecule has 1 aliphatic heterocycles. The van der Waals surface area contributed by atoms with Gasteiger partial charge in [0.15, 0.2) is 5.15 Å². The Morgan fingerprint density at radius 2 is 1.97 bits per heavy atom. The Balaban J connectivity index is 1.37. The van der Waals surface area contributed by atoms with Gasteiger partial charge in [-0.2, -0.15) is 5.21 Å². The molecule has 0 saturated carbocycles. The molecule has 5 rings (SSSR count). The predicted octanol–water partition coefficient (Wildman–Crippen LogP) is 4.57. The number of nitrogens with one attached hydrogen (secondary N) is 2. The van der Waals surface area contributed by atoms with Gasteiger partial charge < -0.3 is 14.6 Å². The molecule has 9 nitrogen and oxygen atoms in total. The van der Waals surface area contributed by atoms with E-state index in [-0.39, 0.29) is 18.6 Å². The van der Waals surface area contributed by atoms with Gasteiger partial charge in [-0.3, -0.25) is 4.79 Å². The van der Waals surface area contributed by atoms with Crippen molar-refractivity contribution >= 4 is 17.6 Å². The summed E-state index contributed by atoms with van der Waals surface area (Å²) in [5.41, 5.74) is 4.81. The first-order valence-corrected chi connectivity index (χ1v) is 13.1. The Morgan fingerprint density at radius 3 is 2.68 bits per heavy atom. The summed E-state index contributed by atoms with van der Waals surface area (Å²) < 4.78 is 7.74. The van der Waals surface area contributed by atoms with Gasteiger partial charge in [0.25, 0.3) is 0 Å². The van der Waals surface area contributed by atoms with Crippen molar-refractivity contribution in [2.45, 2.75) is 58.2 Å². The van der Waals surface area contributed by atoms with Crippen molar-refractivity contribution in [3.8, 4) is 22.5 Å². The van der Waals surface area contributed by atoms with Gasteiger partial charge in [0.05, 0.1) is 5.69 Å². The van der Waals surface area contributed by atoms with E-state index in [9.17, 15) is 4.79 Å². The van der Waals surface area contributed by atoms with Crippen LogP contribution in [-0.2, 0) is 29.1 Å². The molecule has 1 aliphatic rings. The summed E-state index contributed by atoms with van der Waals surface area (Å²) in [6.45, 7) is 3.68. The van der Waals surface area contributed by atoms with Crippen LogP contribution in [-0.4, -0.2) is 48.7 Å². The molecule has 0 radical (unpaired) electrons. The average molecular weight is 520 g/mol. The van der Waals surface area contributed by atoms with Gasteiger partial charge in [-0.15, -0.1) is 10.2 Å². The first-order valence-electron chi connectivity index (χ1n) is 12.7. The molecule has 1 atom stereocenters. The van der Waals surface area contributed by atoms with Crippen LogP contribution >= 0.6 is 11.6 Å². The second kappa shape index (κ2) is 11.7. The molecule has 4 aromatic rings. The zero-order chi connectivity index (χ0) is 25.6. The van der Waals surface area contributed by atoms with Crippen LogP contribution in [0.1, 0.15) is 49.7 Å². The highest BCUT2D eigenvalue weighted by atomic mass is 35.5. The molecule has 1 fully saturated rings. The molecule has 0 bridgehead atoms. The first-order chi connectivity index (χ1) is 18.1. The van der Waals surface area contributed by atoms with E-state index in [4.69, 9.17) is 16.3 Å². The lowest BCUT2D eigenvalue weighted by Gasteiger charge is -2.15. The summed E-state index contributed by atoms with van der Waals surface area (Å²) in [6, 6.07) is 16.1. The zero-order valence-electron chi connectivity index (χ0n) is 20.8. The lowest BCUT2D eigenvalue weighted by Crippen LogP contribution is -2.32. The smallest absolute Gasteiger partial charge is 0.323 e. The number of H-pyrrole nitrogens is 1. The molecule has 2 aromatic heterocycles. The Labute approximate surface area is 220 Å². The maximum atomic E-state index is 12.5. The highest BCUT2D eigenvalue weighted by Crippen LogP contribution is 2.30. The number of esters is 1. The Morgan fingerprint density at radius 1 is 1.16 bits per heavy atom. The van der Waals surface area contributed by atoms with Crippen LogP contribution in [0.5, 0.6) is 0 Å². The molecule has 10 heteroatoms. The number of hydrogen-bond donors (Lipinski definition) is 2. The van der Waals surface area contributed by atoms with Gasteiger partial charge in [-0.1, -0.05) is 73.5 Å². The molecule has 37 heavy (non-hydrogen) atoms. The third-order valence-corrected chi connectivity index (χ3v) is 6.97. The molecular weight excluding hydrogens is 490 g/mol. The molecule has 1 saturated heterocycles.